The summed E-state index contributed by atoms with van der Waals surface area (Å²) in [6.45, 7) is 3.07. The number of hydrogen-bond acceptors (Lipinski definition) is 6. The Kier molecular flexibility index (Phi) is 6.63. The molecule has 168 valence electrons. The van der Waals surface area contributed by atoms with E-state index in [-0.39, 0.29) is 12.1 Å². The molecule has 32 heavy (non-hydrogen) atoms. The van der Waals surface area contributed by atoms with E-state index in [0.29, 0.717) is 35.1 Å². The molecule has 1 amide bonds. The van der Waals surface area contributed by atoms with E-state index in [1.165, 1.54) is 0 Å². The predicted molar refractivity (Wildman–Crippen MR) is 121 cm³/mol. The summed E-state index contributed by atoms with van der Waals surface area (Å²) >= 11 is 0. The van der Waals surface area contributed by atoms with Crippen molar-refractivity contribution in [1.29, 1.82) is 0 Å². The van der Waals surface area contributed by atoms with Crippen LogP contribution < -0.4 is 19.5 Å². The lowest BCUT2D eigenvalue weighted by atomic mass is 10.1. The van der Waals surface area contributed by atoms with Crippen LogP contribution in [0.25, 0.3) is 6.08 Å². The molecule has 2 aliphatic heterocycles. The van der Waals surface area contributed by atoms with Crippen molar-refractivity contribution < 1.29 is 23.8 Å². The minimum atomic E-state index is -0.486. The molecule has 2 fully saturated rings. The maximum absolute atomic E-state index is 12.8. The number of fused-ring (bicyclic) bond motifs is 1. The van der Waals surface area contributed by atoms with Gasteiger partial charge in [-0.2, -0.15) is 0 Å². The van der Waals surface area contributed by atoms with E-state index in [9.17, 15) is 9.59 Å². The number of hydrogen-bond donors (Lipinski definition) is 1. The van der Waals surface area contributed by atoms with Gasteiger partial charge in [-0.25, -0.2) is 4.79 Å². The number of rotatable bonds is 6. The molecule has 2 aliphatic rings. The third kappa shape index (κ3) is 4.72. The van der Waals surface area contributed by atoms with E-state index >= 15 is 0 Å². The fraction of sp³-hybridized carbons (Fsp3) is 0.360. The molecule has 2 heterocycles. The lowest BCUT2D eigenvalue weighted by Crippen LogP contribution is -2.36. The second-order valence-electron chi connectivity index (χ2n) is 7.82. The first kappa shape index (κ1) is 21.7. The molecule has 1 atom stereocenters. The molecule has 7 heteroatoms. The van der Waals surface area contributed by atoms with Gasteiger partial charge in [-0.3, -0.25) is 4.79 Å². The number of ether oxygens (including phenoxy) is 3. The SMILES string of the molecule is CCOc1cc(/C=C2\NC3CCCCCN3C2=O)ccc1OC(=O)c1ccc(OC)cc1. The molecule has 2 aromatic carbocycles. The summed E-state index contributed by atoms with van der Waals surface area (Å²) in [5.74, 6) is 0.985. The lowest BCUT2D eigenvalue weighted by Gasteiger charge is -2.19. The number of carbonyl (C=O) groups excluding carboxylic acids is 2. The summed E-state index contributed by atoms with van der Waals surface area (Å²) in [5, 5.41) is 3.36. The number of nitrogens with one attached hydrogen (secondary N) is 1. The number of esters is 1. The van der Waals surface area contributed by atoms with E-state index in [4.69, 9.17) is 14.2 Å². The number of methoxy groups -OCH3 is 1. The highest BCUT2D eigenvalue weighted by Gasteiger charge is 2.34. The van der Waals surface area contributed by atoms with E-state index in [1.807, 2.05) is 24.0 Å². The van der Waals surface area contributed by atoms with Crippen LogP contribution in [-0.2, 0) is 4.79 Å². The Balaban J connectivity index is 1.53. The molecule has 0 saturated carbocycles. The number of benzene rings is 2. The zero-order chi connectivity index (χ0) is 22.5. The summed E-state index contributed by atoms with van der Waals surface area (Å²) in [4.78, 5) is 27.3. The molecule has 0 spiro atoms. The van der Waals surface area contributed by atoms with Gasteiger partial charge < -0.3 is 24.4 Å². The molecule has 4 rings (SSSR count). The first-order chi connectivity index (χ1) is 15.6. The lowest BCUT2D eigenvalue weighted by molar-refractivity contribution is -0.126. The van der Waals surface area contributed by atoms with E-state index in [1.54, 1.807) is 43.5 Å². The number of nitrogens with zero attached hydrogens (tertiary/aromatic N) is 1. The van der Waals surface area contributed by atoms with Crippen LogP contribution in [0, 0.1) is 0 Å². The molecule has 0 radical (unpaired) electrons. The minimum absolute atomic E-state index is 0.0323. The number of carbonyl (C=O) groups is 2. The molecule has 7 nitrogen and oxygen atoms in total. The van der Waals surface area contributed by atoms with Gasteiger partial charge in [0, 0.05) is 6.54 Å². The Labute approximate surface area is 188 Å². The van der Waals surface area contributed by atoms with Crippen LogP contribution in [0.3, 0.4) is 0 Å². The quantitative estimate of drug-likeness (QED) is 0.419. The van der Waals surface area contributed by atoms with E-state index in [0.717, 1.165) is 37.8 Å². The summed E-state index contributed by atoms with van der Waals surface area (Å²) in [5.41, 5.74) is 1.79. The third-order valence-electron chi connectivity index (χ3n) is 5.67. The second-order valence-corrected chi connectivity index (χ2v) is 7.82. The zero-order valence-electron chi connectivity index (χ0n) is 18.4. The van der Waals surface area contributed by atoms with Crippen LogP contribution in [-0.4, -0.2) is 43.2 Å². The van der Waals surface area contributed by atoms with E-state index in [2.05, 4.69) is 5.32 Å². The van der Waals surface area contributed by atoms with Gasteiger partial charge in [0.15, 0.2) is 11.5 Å². The highest BCUT2D eigenvalue weighted by molar-refractivity contribution is 5.99. The third-order valence-corrected chi connectivity index (χ3v) is 5.67. The topological polar surface area (TPSA) is 77.1 Å². The van der Waals surface area contributed by atoms with Gasteiger partial charge in [-0.05, 0) is 74.2 Å². The Morgan fingerprint density at radius 3 is 2.69 bits per heavy atom. The fourth-order valence-electron chi connectivity index (χ4n) is 4.02. The molecule has 2 aromatic rings. The van der Waals surface area contributed by atoms with Gasteiger partial charge in [0.25, 0.3) is 5.91 Å². The minimum Gasteiger partial charge on any atom is -0.497 e. The monoisotopic (exact) mass is 436 g/mol. The highest BCUT2D eigenvalue weighted by atomic mass is 16.6. The second kappa shape index (κ2) is 9.77. The van der Waals surface area contributed by atoms with Crippen LogP contribution in [0.1, 0.15) is 48.5 Å². The molecule has 1 N–H and O–H groups in total. The van der Waals surface area contributed by atoms with Crippen molar-refractivity contribution in [3.8, 4) is 17.2 Å². The summed E-state index contributed by atoms with van der Waals surface area (Å²) in [6, 6.07) is 12.0. The first-order valence-corrected chi connectivity index (χ1v) is 11.0. The van der Waals surface area contributed by atoms with Crippen LogP contribution >= 0.6 is 0 Å². The molecular weight excluding hydrogens is 408 g/mol. The number of amides is 1. The maximum atomic E-state index is 12.8. The smallest absolute Gasteiger partial charge is 0.343 e. The Morgan fingerprint density at radius 1 is 1.12 bits per heavy atom. The van der Waals surface area contributed by atoms with Crippen molar-refractivity contribution in [3.05, 3.63) is 59.3 Å². The molecule has 1 unspecified atom stereocenters. The van der Waals surface area contributed by atoms with Gasteiger partial charge in [0.1, 0.15) is 17.6 Å². The largest absolute Gasteiger partial charge is 0.497 e. The van der Waals surface area contributed by atoms with Crippen molar-refractivity contribution in [2.45, 2.75) is 38.8 Å². The van der Waals surface area contributed by atoms with Crippen molar-refractivity contribution in [2.24, 2.45) is 0 Å². The maximum Gasteiger partial charge on any atom is 0.343 e. The van der Waals surface area contributed by atoms with Crippen LogP contribution in [0.4, 0.5) is 0 Å². The van der Waals surface area contributed by atoms with E-state index < -0.39 is 5.97 Å². The Morgan fingerprint density at radius 2 is 1.94 bits per heavy atom. The van der Waals surface area contributed by atoms with Crippen molar-refractivity contribution >= 4 is 18.0 Å². The van der Waals surface area contributed by atoms with Gasteiger partial charge in [-0.1, -0.05) is 12.5 Å². The van der Waals surface area contributed by atoms with Gasteiger partial charge in [0.05, 0.1) is 19.3 Å². The first-order valence-electron chi connectivity index (χ1n) is 11.0. The Bertz CT molecular complexity index is 1020. The van der Waals surface area contributed by atoms with Gasteiger partial charge in [-0.15, -0.1) is 0 Å². The molecule has 0 bridgehead atoms. The average Bonchev–Trinajstić information content (AvgIpc) is 2.96. The molecule has 0 aromatic heterocycles. The Hall–Kier alpha value is -3.48. The molecule has 2 saturated heterocycles. The summed E-state index contributed by atoms with van der Waals surface area (Å²) < 4.78 is 16.4. The van der Waals surface area contributed by atoms with Crippen molar-refractivity contribution in [2.75, 3.05) is 20.3 Å². The van der Waals surface area contributed by atoms with Crippen molar-refractivity contribution in [1.82, 2.24) is 10.2 Å². The van der Waals surface area contributed by atoms with Crippen LogP contribution in [0.2, 0.25) is 0 Å². The van der Waals surface area contributed by atoms with Crippen LogP contribution in [0.15, 0.2) is 48.2 Å². The van der Waals surface area contributed by atoms with Crippen molar-refractivity contribution in [3.63, 3.8) is 0 Å². The van der Waals surface area contributed by atoms with Gasteiger partial charge in [0.2, 0.25) is 0 Å². The highest BCUT2D eigenvalue weighted by Crippen LogP contribution is 2.31. The summed E-state index contributed by atoms with van der Waals surface area (Å²) in [7, 11) is 1.57. The molecule has 0 aliphatic carbocycles. The normalized spacial score (nSPS) is 19.2. The van der Waals surface area contributed by atoms with Crippen LogP contribution in [0.5, 0.6) is 17.2 Å². The zero-order valence-corrected chi connectivity index (χ0v) is 18.4. The average molecular weight is 437 g/mol. The fourth-order valence-corrected chi connectivity index (χ4v) is 4.02. The predicted octanol–water partition coefficient (Wildman–Crippen LogP) is 3.99. The van der Waals surface area contributed by atoms with Gasteiger partial charge >= 0.3 is 5.97 Å². The molecular formula is C25H28N2O5. The summed E-state index contributed by atoms with van der Waals surface area (Å²) in [6.07, 6.45) is 6.20. The standard InChI is InChI=1S/C25H28N2O5/c1-3-31-22-16-17(15-20-24(28)27-14-6-4-5-7-23(27)26-20)8-13-21(22)32-25(29)18-9-11-19(30-2)12-10-18/h8-13,15-16,23,26H,3-7,14H2,1-2H3/b20-15-.